The SMILES string of the molecule is CC(N)(CCNC(=O)c1cc(F)c(NC2CCCCC2)cc1NC1CCCC1)CCC(=O)OC(C)(C)C. The summed E-state index contributed by atoms with van der Waals surface area (Å²) in [4.78, 5) is 25.2. The Bertz CT molecular complexity index is 916. The van der Waals surface area contributed by atoms with E-state index >= 15 is 4.39 Å². The number of nitrogens with two attached hydrogens (primary N) is 1. The van der Waals surface area contributed by atoms with E-state index < -0.39 is 17.0 Å². The average Bonchev–Trinajstić information content (AvgIpc) is 3.32. The largest absolute Gasteiger partial charge is 0.460 e. The molecular weight excluding hydrogens is 471 g/mol. The van der Waals surface area contributed by atoms with E-state index in [0.29, 0.717) is 42.4 Å². The van der Waals surface area contributed by atoms with Crippen molar-refractivity contribution in [1.29, 1.82) is 0 Å². The van der Waals surface area contributed by atoms with Crippen LogP contribution in [-0.2, 0) is 9.53 Å². The first-order valence-corrected chi connectivity index (χ1v) is 14.1. The second-order valence-electron chi connectivity index (χ2n) is 12.2. The Balaban J connectivity index is 1.62. The van der Waals surface area contributed by atoms with Crippen LogP contribution in [0.1, 0.15) is 115 Å². The van der Waals surface area contributed by atoms with Gasteiger partial charge < -0.3 is 26.4 Å². The molecule has 0 radical (unpaired) electrons. The van der Waals surface area contributed by atoms with E-state index in [9.17, 15) is 9.59 Å². The Labute approximate surface area is 221 Å². The number of hydrogen-bond donors (Lipinski definition) is 4. The first kappa shape index (κ1) is 29.2. The molecule has 1 aromatic rings. The molecule has 3 rings (SSSR count). The third-order valence-electron chi connectivity index (χ3n) is 7.33. The van der Waals surface area contributed by atoms with Crippen LogP contribution in [0.25, 0.3) is 0 Å². The lowest BCUT2D eigenvalue weighted by Gasteiger charge is -2.26. The van der Waals surface area contributed by atoms with Gasteiger partial charge in [0.15, 0.2) is 0 Å². The van der Waals surface area contributed by atoms with Gasteiger partial charge in [-0.3, -0.25) is 9.59 Å². The highest BCUT2D eigenvalue weighted by Gasteiger charge is 2.25. The number of esters is 1. The third-order valence-corrected chi connectivity index (χ3v) is 7.33. The van der Waals surface area contributed by atoms with Gasteiger partial charge in [0.05, 0.1) is 11.3 Å². The maximum Gasteiger partial charge on any atom is 0.306 e. The van der Waals surface area contributed by atoms with Crippen LogP contribution in [0.3, 0.4) is 0 Å². The van der Waals surface area contributed by atoms with E-state index in [0.717, 1.165) is 51.4 Å². The molecule has 0 saturated heterocycles. The molecule has 2 saturated carbocycles. The van der Waals surface area contributed by atoms with Gasteiger partial charge in [-0.15, -0.1) is 0 Å². The van der Waals surface area contributed by atoms with Gasteiger partial charge in [0.1, 0.15) is 11.4 Å². The van der Waals surface area contributed by atoms with Gasteiger partial charge in [-0.1, -0.05) is 32.1 Å². The van der Waals surface area contributed by atoms with E-state index in [1.54, 1.807) is 6.07 Å². The lowest BCUT2D eigenvalue weighted by molar-refractivity contribution is -0.155. The van der Waals surface area contributed by atoms with E-state index in [-0.39, 0.29) is 24.3 Å². The van der Waals surface area contributed by atoms with E-state index in [4.69, 9.17) is 10.5 Å². The van der Waals surface area contributed by atoms with Crippen LogP contribution in [0.5, 0.6) is 0 Å². The fourth-order valence-corrected chi connectivity index (χ4v) is 5.21. The lowest BCUT2D eigenvalue weighted by Crippen LogP contribution is -2.41. The molecule has 0 heterocycles. The smallest absolute Gasteiger partial charge is 0.306 e. The van der Waals surface area contributed by atoms with Gasteiger partial charge in [0.25, 0.3) is 5.91 Å². The predicted octanol–water partition coefficient (Wildman–Crippen LogP) is 5.88. The highest BCUT2D eigenvalue weighted by Crippen LogP contribution is 2.31. The van der Waals surface area contributed by atoms with Gasteiger partial charge in [0, 0.05) is 36.3 Å². The third kappa shape index (κ3) is 9.80. The summed E-state index contributed by atoms with van der Waals surface area (Å²) in [6.45, 7) is 7.69. The molecule has 0 aliphatic heterocycles. The zero-order valence-electron chi connectivity index (χ0n) is 23.2. The van der Waals surface area contributed by atoms with Crippen molar-refractivity contribution in [3.63, 3.8) is 0 Å². The molecule has 7 nitrogen and oxygen atoms in total. The number of rotatable bonds is 11. The standard InChI is InChI=1S/C29H47FN4O3/c1-28(2,3)37-26(35)14-15-29(4,31)16-17-32-27(36)22-18-23(30)25(34-21-10-6-5-7-11-21)19-24(22)33-20-12-8-9-13-20/h18-21,33-34H,5-17,31H2,1-4H3,(H,32,36). The average molecular weight is 519 g/mol. The molecule has 2 aliphatic rings. The van der Waals surface area contributed by atoms with Crippen LogP contribution in [-0.4, -0.2) is 41.6 Å². The molecule has 8 heteroatoms. The van der Waals surface area contributed by atoms with Gasteiger partial charge >= 0.3 is 5.97 Å². The summed E-state index contributed by atoms with van der Waals surface area (Å²) in [5.41, 5.74) is 6.65. The lowest BCUT2D eigenvalue weighted by atomic mass is 9.93. The Kier molecular flexibility index (Phi) is 10.2. The van der Waals surface area contributed by atoms with Crippen LogP contribution < -0.4 is 21.7 Å². The topological polar surface area (TPSA) is 105 Å². The molecule has 1 amide bonds. The summed E-state index contributed by atoms with van der Waals surface area (Å²) < 4.78 is 20.5. The van der Waals surface area contributed by atoms with Gasteiger partial charge in [0.2, 0.25) is 0 Å². The van der Waals surface area contributed by atoms with Crippen LogP contribution >= 0.6 is 0 Å². The molecule has 0 spiro atoms. The zero-order valence-corrected chi connectivity index (χ0v) is 23.2. The van der Waals surface area contributed by atoms with E-state index in [2.05, 4.69) is 16.0 Å². The molecule has 5 N–H and O–H groups in total. The van der Waals surface area contributed by atoms with Crippen molar-refractivity contribution in [2.24, 2.45) is 5.73 Å². The molecule has 37 heavy (non-hydrogen) atoms. The Morgan fingerprint density at radius 3 is 2.08 bits per heavy atom. The van der Waals surface area contributed by atoms with Crippen molar-refractivity contribution >= 4 is 23.3 Å². The number of nitrogens with one attached hydrogen (secondary N) is 3. The van der Waals surface area contributed by atoms with Gasteiger partial charge in [-0.2, -0.15) is 0 Å². The van der Waals surface area contributed by atoms with Crippen LogP contribution in [0.4, 0.5) is 15.8 Å². The highest BCUT2D eigenvalue weighted by atomic mass is 19.1. The maximum atomic E-state index is 15.1. The first-order valence-electron chi connectivity index (χ1n) is 14.1. The summed E-state index contributed by atoms with van der Waals surface area (Å²) >= 11 is 0. The minimum atomic E-state index is -0.645. The number of carbonyl (C=O) groups excluding carboxylic acids is 2. The fraction of sp³-hybridized carbons (Fsp3) is 0.724. The van der Waals surface area contributed by atoms with E-state index in [1.165, 1.54) is 12.5 Å². The summed E-state index contributed by atoms with van der Waals surface area (Å²) in [7, 11) is 0. The Hall–Kier alpha value is -2.35. The number of amides is 1. The number of halogens is 1. The number of benzene rings is 1. The summed E-state index contributed by atoms with van der Waals surface area (Å²) in [6, 6.07) is 3.68. The summed E-state index contributed by atoms with van der Waals surface area (Å²) in [6.07, 6.45) is 11.2. The second kappa shape index (κ2) is 12.9. The molecule has 0 aromatic heterocycles. The van der Waals surface area contributed by atoms with Gasteiger partial charge in [-0.05, 0) is 78.4 Å². The minimum absolute atomic E-state index is 0.217. The van der Waals surface area contributed by atoms with Crippen molar-refractivity contribution in [3.8, 4) is 0 Å². The summed E-state index contributed by atoms with van der Waals surface area (Å²) in [5, 5.41) is 9.80. The van der Waals surface area contributed by atoms with E-state index in [1.807, 2.05) is 27.7 Å². The molecule has 2 aliphatic carbocycles. The van der Waals surface area contributed by atoms with Gasteiger partial charge in [-0.25, -0.2) is 4.39 Å². The number of anilines is 2. The monoisotopic (exact) mass is 518 g/mol. The zero-order chi connectivity index (χ0) is 27.1. The van der Waals surface area contributed by atoms with Crippen molar-refractivity contribution in [1.82, 2.24) is 5.32 Å². The van der Waals surface area contributed by atoms with Crippen molar-refractivity contribution in [2.75, 3.05) is 17.2 Å². The van der Waals surface area contributed by atoms with Crippen LogP contribution in [0, 0.1) is 5.82 Å². The van der Waals surface area contributed by atoms with Crippen LogP contribution in [0.15, 0.2) is 12.1 Å². The number of hydrogen-bond acceptors (Lipinski definition) is 6. The number of ether oxygens (including phenoxy) is 1. The molecular formula is C29H47FN4O3. The minimum Gasteiger partial charge on any atom is -0.460 e. The fourth-order valence-electron chi connectivity index (χ4n) is 5.21. The normalized spacial score (nSPS) is 18.8. The molecule has 0 bridgehead atoms. The Morgan fingerprint density at radius 2 is 1.49 bits per heavy atom. The quantitative estimate of drug-likeness (QED) is 0.273. The predicted molar refractivity (Wildman–Crippen MR) is 147 cm³/mol. The number of carbonyl (C=O) groups is 2. The summed E-state index contributed by atoms with van der Waals surface area (Å²) in [5.74, 6) is -1.02. The second-order valence-corrected chi connectivity index (χ2v) is 12.2. The molecule has 1 atom stereocenters. The van der Waals surface area contributed by atoms with Crippen LogP contribution in [0.2, 0.25) is 0 Å². The highest BCUT2D eigenvalue weighted by molar-refractivity contribution is 6.00. The van der Waals surface area contributed by atoms with Crippen molar-refractivity contribution in [3.05, 3.63) is 23.5 Å². The molecule has 1 aromatic carbocycles. The van der Waals surface area contributed by atoms with Crippen molar-refractivity contribution in [2.45, 2.75) is 128 Å². The van der Waals surface area contributed by atoms with Crippen molar-refractivity contribution < 1.29 is 18.7 Å². The Morgan fingerprint density at radius 1 is 0.919 bits per heavy atom. The molecule has 208 valence electrons. The molecule has 2 fully saturated rings. The molecule has 1 unspecified atom stereocenters. The maximum absolute atomic E-state index is 15.1. The first-order chi connectivity index (χ1) is 17.4.